The SMILES string of the molecule is CCCNC(Cc1cc(C)ccc1OC)C(F)F. The third-order valence-corrected chi connectivity index (χ3v) is 2.84. The van der Waals surface area contributed by atoms with Gasteiger partial charge in [0.2, 0.25) is 0 Å². The molecule has 4 heteroatoms. The molecule has 1 atom stereocenters. The molecule has 0 aliphatic carbocycles. The molecule has 0 aliphatic heterocycles. The Bertz CT molecular complexity index is 369. The number of methoxy groups -OCH3 is 1. The van der Waals surface area contributed by atoms with Crippen LogP contribution in [0.15, 0.2) is 18.2 Å². The Morgan fingerprint density at radius 3 is 2.61 bits per heavy atom. The second-order valence-corrected chi connectivity index (χ2v) is 4.41. The predicted molar refractivity (Wildman–Crippen MR) is 69.5 cm³/mol. The predicted octanol–water partition coefficient (Wildman–Crippen LogP) is 3.18. The summed E-state index contributed by atoms with van der Waals surface area (Å²) in [7, 11) is 1.56. The number of hydrogen-bond donors (Lipinski definition) is 1. The van der Waals surface area contributed by atoms with Gasteiger partial charge in [0.15, 0.2) is 0 Å². The van der Waals surface area contributed by atoms with Crippen molar-refractivity contribution in [3.8, 4) is 5.75 Å². The van der Waals surface area contributed by atoms with Crippen LogP contribution in [0.4, 0.5) is 8.78 Å². The smallest absolute Gasteiger partial charge is 0.254 e. The van der Waals surface area contributed by atoms with E-state index in [1.165, 1.54) is 0 Å². The van der Waals surface area contributed by atoms with Crippen LogP contribution in [-0.2, 0) is 6.42 Å². The monoisotopic (exact) mass is 257 g/mol. The van der Waals surface area contributed by atoms with Crippen molar-refractivity contribution >= 4 is 0 Å². The molecule has 0 bridgehead atoms. The summed E-state index contributed by atoms with van der Waals surface area (Å²) in [5, 5.41) is 2.88. The van der Waals surface area contributed by atoms with Crippen LogP contribution < -0.4 is 10.1 Å². The zero-order valence-electron chi connectivity index (χ0n) is 11.2. The van der Waals surface area contributed by atoms with Gasteiger partial charge in [-0.1, -0.05) is 24.6 Å². The van der Waals surface area contributed by atoms with E-state index in [9.17, 15) is 8.78 Å². The van der Waals surface area contributed by atoms with Crippen molar-refractivity contribution in [2.45, 2.75) is 39.2 Å². The number of halogens is 2. The zero-order chi connectivity index (χ0) is 13.5. The maximum Gasteiger partial charge on any atom is 0.254 e. The minimum absolute atomic E-state index is 0.280. The average Bonchev–Trinajstić information content (AvgIpc) is 2.34. The van der Waals surface area contributed by atoms with Gasteiger partial charge in [-0.25, -0.2) is 8.78 Å². The molecule has 1 aromatic carbocycles. The summed E-state index contributed by atoms with van der Waals surface area (Å²) in [5.74, 6) is 0.671. The Morgan fingerprint density at radius 1 is 1.33 bits per heavy atom. The highest BCUT2D eigenvalue weighted by Gasteiger charge is 2.21. The summed E-state index contributed by atoms with van der Waals surface area (Å²) >= 11 is 0. The highest BCUT2D eigenvalue weighted by atomic mass is 19.3. The standard InChI is InChI=1S/C14H21F2NO/c1-4-7-17-12(14(15)16)9-11-8-10(2)5-6-13(11)18-3/h5-6,8,12,14,17H,4,7,9H2,1-3H3. The van der Waals surface area contributed by atoms with E-state index in [0.717, 1.165) is 17.5 Å². The first-order valence-electron chi connectivity index (χ1n) is 6.23. The number of aryl methyl sites for hydroxylation is 1. The lowest BCUT2D eigenvalue weighted by Gasteiger charge is -2.19. The van der Waals surface area contributed by atoms with Gasteiger partial charge in [-0.2, -0.15) is 0 Å². The van der Waals surface area contributed by atoms with Gasteiger partial charge in [-0.3, -0.25) is 0 Å². The Balaban J connectivity index is 2.81. The number of benzene rings is 1. The Morgan fingerprint density at radius 2 is 2.06 bits per heavy atom. The van der Waals surface area contributed by atoms with Gasteiger partial charge in [0.05, 0.1) is 13.2 Å². The van der Waals surface area contributed by atoms with Crippen molar-refractivity contribution in [3.05, 3.63) is 29.3 Å². The third kappa shape index (κ3) is 4.26. The van der Waals surface area contributed by atoms with Crippen LogP contribution in [0.3, 0.4) is 0 Å². The van der Waals surface area contributed by atoms with Gasteiger partial charge in [-0.05, 0) is 37.9 Å². The van der Waals surface area contributed by atoms with E-state index in [1.807, 2.05) is 32.0 Å². The molecular formula is C14H21F2NO. The van der Waals surface area contributed by atoms with E-state index in [-0.39, 0.29) is 6.42 Å². The normalized spacial score (nSPS) is 12.8. The quantitative estimate of drug-likeness (QED) is 0.810. The third-order valence-electron chi connectivity index (χ3n) is 2.84. The fourth-order valence-electron chi connectivity index (χ4n) is 1.88. The van der Waals surface area contributed by atoms with E-state index < -0.39 is 12.5 Å². The van der Waals surface area contributed by atoms with Crippen LogP contribution in [-0.4, -0.2) is 26.1 Å². The molecule has 0 aromatic heterocycles. The highest BCUT2D eigenvalue weighted by Crippen LogP contribution is 2.22. The molecular weight excluding hydrogens is 236 g/mol. The Hall–Kier alpha value is -1.16. The lowest BCUT2D eigenvalue weighted by atomic mass is 10.0. The zero-order valence-corrected chi connectivity index (χ0v) is 11.2. The second-order valence-electron chi connectivity index (χ2n) is 4.41. The minimum atomic E-state index is -2.37. The van der Waals surface area contributed by atoms with Crippen molar-refractivity contribution in [2.75, 3.05) is 13.7 Å². The maximum absolute atomic E-state index is 12.9. The maximum atomic E-state index is 12.9. The Labute approximate surface area is 107 Å². The molecule has 102 valence electrons. The first-order chi connectivity index (χ1) is 8.58. The van der Waals surface area contributed by atoms with Crippen LogP contribution >= 0.6 is 0 Å². The van der Waals surface area contributed by atoms with Crippen LogP contribution in [0, 0.1) is 6.92 Å². The number of alkyl halides is 2. The number of rotatable bonds is 7. The largest absolute Gasteiger partial charge is 0.496 e. The van der Waals surface area contributed by atoms with Crippen LogP contribution in [0.5, 0.6) is 5.75 Å². The van der Waals surface area contributed by atoms with Gasteiger partial charge in [0.1, 0.15) is 5.75 Å². The van der Waals surface area contributed by atoms with E-state index >= 15 is 0 Å². The minimum Gasteiger partial charge on any atom is -0.496 e. The summed E-state index contributed by atoms with van der Waals surface area (Å²) in [6.45, 7) is 4.51. The fraction of sp³-hybridized carbons (Fsp3) is 0.571. The lowest BCUT2D eigenvalue weighted by Crippen LogP contribution is -2.38. The molecule has 2 nitrogen and oxygen atoms in total. The van der Waals surface area contributed by atoms with Gasteiger partial charge < -0.3 is 10.1 Å². The molecule has 1 aromatic rings. The molecule has 0 spiro atoms. The van der Waals surface area contributed by atoms with Crippen LogP contribution in [0.1, 0.15) is 24.5 Å². The first kappa shape index (κ1) is 14.9. The molecule has 0 fully saturated rings. The summed E-state index contributed by atoms with van der Waals surface area (Å²) in [6, 6.07) is 4.83. The summed E-state index contributed by atoms with van der Waals surface area (Å²) < 4.78 is 31.1. The molecule has 1 rings (SSSR count). The van der Waals surface area contributed by atoms with Crippen molar-refractivity contribution in [2.24, 2.45) is 0 Å². The summed E-state index contributed by atoms with van der Waals surface area (Å²) in [5.41, 5.74) is 1.88. The lowest BCUT2D eigenvalue weighted by molar-refractivity contribution is 0.0980. The molecule has 1 unspecified atom stereocenters. The van der Waals surface area contributed by atoms with Crippen LogP contribution in [0.25, 0.3) is 0 Å². The topological polar surface area (TPSA) is 21.3 Å². The van der Waals surface area contributed by atoms with Gasteiger partial charge in [0, 0.05) is 0 Å². The first-order valence-corrected chi connectivity index (χ1v) is 6.23. The highest BCUT2D eigenvalue weighted by molar-refractivity contribution is 5.37. The van der Waals surface area contributed by atoms with E-state index in [2.05, 4.69) is 5.32 Å². The average molecular weight is 257 g/mol. The second kappa shape index (κ2) is 7.31. The number of hydrogen-bond acceptors (Lipinski definition) is 2. The molecule has 0 radical (unpaired) electrons. The Kier molecular flexibility index (Phi) is 6.05. The fourth-order valence-corrected chi connectivity index (χ4v) is 1.88. The van der Waals surface area contributed by atoms with Gasteiger partial charge in [-0.15, -0.1) is 0 Å². The molecule has 0 saturated carbocycles. The molecule has 18 heavy (non-hydrogen) atoms. The van der Waals surface area contributed by atoms with E-state index in [1.54, 1.807) is 7.11 Å². The van der Waals surface area contributed by atoms with Crippen molar-refractivity contribution < 1.29 is 13.5 Å². The molecule has 0 aliphatic rings. The number of ether oxygens (including phenoxy) is 1. The summed E-state index contributed by atoms with van der Waals surface area (Å²) in [4.78, 5) is 0. The summed E-state index contributed by atoms with van der Waals surface area (Å²) in [6.07, 6.45) is -1.25. The van der Waals surface area contributed by atoms with Gasteiger partial charge >= 0.3 is 0 Å². The van der Waals surface area contributed by atoms with Crippen LogP contribution in [0.2, 0.25) is 0 Å². The van der Waals surface area contributed by atoms with Crippen molar-refractivity contribution in [1.29, 1.82) is 0 Å². The van der Waals surface area contributed by atoms with Crippen molar-refractivity contribution in [1.82, 2.24) is 5.32 Å². The van der Waals surface area contributed by atoms with E-state index in [0.29, 0.717) is 12.3 Å². The molecule has 0 heterocycles. The molecule has 0 amide bonds. The number of nitrogens with one attached hydrogen (secondary N) is 1. The van der Waals surface area contributed by atoms with E-state index in [4.69, 9.17) is 4.74 Å². The van der Waals surface area contributed by atoms with Crippen molar-refractivity contribution in [3.63, 3.8) is 0 Å². The molecule has 0 saturated heterocycles. The van der Waals surface area contributed by atoms with Gasteiger partial charge in [0.25, 0.3) is 6.43 Å². The molecule has 1 N–H and O–H groups in total.